The second-order valence-corrected chi connectivity index (χ2v) is 6.59. The van der Waals surface area contributed by atoms with Crippen LogP contribution in [-0.4, -0.2) is 21.6 Å². The van der Waals surface area contributed by atoms with Crippen molar-refractivity contribution < 1.29 is 4.79 Å². The molecule has 118 valence electrons. The summed E-state index contributed by atoms with van der Waals surface area (Å²) in [5.74, 6) is 0.287. The van der Waals surface area contributed by atoms with E-state index in [0.29, 0.717) is 15.9 Å². The van der Waals surface area contributed by atoms with E-state index in [9.17, 15) is 4.79 Å². The van der Waals surface area contributed by atoms with Crippen LogP contribution in [0.4, 0.5) is 0 Å². The molecule has 4 nitrogen and oxygen atoms in total. The SMILES string of the molecule is CC(NC(=O)CSc1nc2ccc(Cl)cc2[nH]1)c1ccccc1. The lowest BCUT2D eigenvalue weighted by Crippen LogP contribution is -2.28. The van der Waals surface area contributed by atoms with Gasteiger partial charge in [-0.3, -0.25) is 4.79 Å². The Labute approximate surface area is 143 Å². The van der Waals surface area contributed by atoms with Crippen LogP contribution in [0, 0.1) is 0 Å². The number of carbonyl (C=O) groups excluding carboxylic acids is 1. The molecule has 0 saturated carbocycles. The van der Waals surface area contributed by atoms with E-state index in [4.69, 9.17) is 11.6 Å². The highest BCUT2D eigenvalue weighted by molar-refractivity contribution is 7.99. The van der Waals surface area contributed by atoms with Gasteiger partial charge in [0.1, 0.15) is 0 Å². The molecule has 0 bridgehead atoms. The number of aromatic amines is 1. The van der Waals surface area contributed by atoms with Crippen LogP contribution in [-0.2, 0) is 4.79 Å². The first kappa shape index (κ1) is 15.9. The Morgan fingerprint density at radius 2 is 2.09 bits per heavy atom. The number of fused-ring (bicyclic) bond motifs is 1. The maximum absolute atomic E-state index is 12.1. The van der Waals surface area contributed by atoms with Crippen LogP contribution < -0.4 is 5.32 Å². The number of imidazole rings is 1. The number of carbonyl (C=O) groups is 1. The number of hydrogen-bond donors (Lipinski definition) is 2. The lowest BCUT2D eigenvalue weighted by atomic mass is 10.1. The second kappa shape index (κ2) is 7.06. The summed E-state index contributed by atoms with van der Waals surface area (Å²) in [4.78, 5) is 19.7. The molecule has 1 aromatic heterocycles. The zero-order valence-electron chi connectivity index (χ0n) is 12.5. The zero-order valence-corrected chi connectivity index (χ0v) is 14.1. The summed E-state index contributed by atoms with van der Waals surface area (Å²) in [6.07, 6.45) is 0. The normalized spacial score (nSPS) is 12.3. The highest BCUT2D eigenvalue weighted by Crippen LogP contribution is 2.22. The first-order chi connectivity index (χ1) is 11.1. The van der Waals surface area contributed by atoms with Crippen LogP contribution in [0.2, 0.25) is 5.02 Å². The Morgan fingerprint density at radius 1 is 1.30 bits per heavy atom. The third-order valence-corrected chi connectivity index (χ3v) is 4.55. The highest BCUT2D eigenvalue weighted by Gasteiger charge is 2.11. The summed E-state index contributed by atoms with van der Waals surface area (Å²) in [7, 11) is 0. The van der Waals surface area contributed by atoms with Gasteiger partial charge in [0.2, 0.25) is 5.91 Å². The monoisotopic (exact) mass is 345 g/mol. The fraction of sp³-hybridized carbons (Fsp3) is 0.176. The van der Waals surface area contributed by atoms with Gasteiger partial charge in [0.25, 0.3) is 0 Å². The lowest BCUT2D eigenvalue weighted by Gasteiger charge is -2.13. The molecule has 23 heavy (non-hydrogen) atoms. The van der Waals surface area contributed by atoms with E-state index in [-0.39, 0.29) is 11.9 Å². The number of nitrogens with zero attached hydrogens (tertiary/aromatic N) is 1. The van der Waals surface area contributed by atoms with E-state index < -0.39 is 0 Å². The number of rotatable bonds is 5. The van der Waals surface area contributed by atoms with E-state index in [1.807, 2.05) is 49.4 Å². The van der Waals surface area contributed by atoms with Crippen molar-refractivity contribution in [3.63, 3.8) is 0 Å². The summed E-state index contributed by atoms with van der Waals surface area (Å²) >= 11 is 7.33. The summed E-state index contributed by atoms with van der Waals surface area (Å²) in [5, 5.41) is 4.36. The second-order valence-electron chi connectivity index (χ2n) is 5.19. The van der Waals surface area contributed by atoms with Gasteiger partial charge in [-0.1, -0.05) is 53.7 Å². The Kier molecular flexibility index (Phi) is 4.88. The van der Waals surface area contributed by atoms with Crippen molar-refractivity contribution in [2.75, 3.05) is 5.75 Å². The van der Waals surface area contributed by atoms with Gasteiger partial charge in [0, 0.05) is 5.02 Å². The van der Waals surface area contributed by atoms with Crippen LogP contribution in [0.15, 0.2) is 53.7 Å². The van der Waals surface area contributed by atoms with Gasteiger partial charge in [-0.25, -0.2) is 4.98 Å². The van der Waals surface area contributed by atoms with Crippen molar-refractivity contribution in [3.8, 4) is 0 Å². The van der Waals surface area contributed by atoms with E-state index in [1.54, 1.807) is 6.07 Å². The Bertz CT molecular complexity index is 819. The van der Waals surface area contributed by atoms with Crippen LogP contribution in [0.3, 0.4) is 0 Å². The molecule has 0 aliphatic rings. The van der Waals surface area contributed by atoms with E-state index in [2.05, 4.69) is 15.3 Å². The Hall–Kier alpha value is -1.98. The Morgan fingerprint density at radius 3 is 2.87 bits per heavy atom. The van der Waals surface area contributed by atoms with Crippen LogP contribution >= 0.6 is 23.4 Å². The van der Waals surface area contributed by atoms with Gasteiger partial charge in [-0.15, -0.1) is 0 Å². The van der Waals surface area contributed by atoms with Gasteiger partial charge < -0.3 is 10.3 Å². The molecule has 1 heterocycles. The quantitative estimate of drug-likeness (QED) is 0.682. The first-order valence-corrected chi connectivity index (χ1v) is 8.60. The van der Waals surface area contributed by atoms with Crippen molar-refractivity contribution in [3.05, 3.63) is 59.1 Å². The molecule has 1 amide bonds. The predicted octanol–water partition coefficient (Wildman–Crippen LogP) is 4.19. The minimum atomic E-state index is -0.0233. The van der Waals surface area contributed by atoms with Crippen molar-refractivity contribution in [1.29, 1.82) is 0 Å². The van der Waals surface area contributed by atoms with Crippen molar-refractivity contribution in [2.45, 2.75) is 18.1 Å². The molecule has 6 heteroatoms. The predicted molar refractivity (Wildman–Crippen MR) is 94.8 cm³/mol. The van der Waals surface area contributed by atoms with Crippen LogP contribution in [0.25, 0.3) is 11.0 Å². The van der Waals surface area contributed by atoms with Gasteiger partial charge in [0.15, 0.2) is 5.16 Å². The molecule has 0 radical (unpaired) electrons. The largest absolute Gasteiger partial charge is 0.349 e. The van der Waals surface area contributed by atoms with E-state index in [1.165, 1.54) is 11.8 Å². The number of nitrogens with one attached hydrogen (secondary N) is 2. The van der Waals surface area contributed by atoms with E-state index >= 15 is 0 Å². The van der Waals surface area contributed by atoms with Crippen molar-refractivity contribution in [2.24, 2.45) is 0 Å². The molecule has 1 unspecified atom stereocenters. The fourth-order valence-electron chi connectivity index (χ4n) is 2.27. The molecule has 0 aliphatic carbocycles. The molecule has 0 fully saturated rings. The molecule has 2 N–H and O–H groups in total. The molecule has 1 atom stereocenters. The topological polar surface area (TPSA) is 57.8 Å². The minimum Gasteiger partial charge on any atom is -0.349 e. The first-order valence-electron chi connectivity index (χ1n) is 7.24. The molecule has 2 aromatic carbocycles. The third-order valence-electron chi connectivity index (χ3n) is 3.44. The number of hydrogen-bond acceptors (Lipinski definition) is 3. The number of H-pyrrole nitrogens is 1. The number of benzene rings is 2. The molecule has 0 saturated heterocycles. The molecule has 0 aliphatic heterocycles. The summed E-state index contributed by atoms with van der Waals surface area (Å²) < 4.78 is 0. The number of aromatic nitrogens is 2. The fourth-order valence-corrected chi connectivity index (χ4v) is 3.14. The van der Waals surface area contributed by atoms with E-state index in [0.717, 1.165) is 16.6 Å². The van der Waals surface area contributed by atoms with Crippen molar-refractivity contribution in [1.82, 2.24) is 15.3 Å². The molecule has 3 rings (SSSR count). The lowest BCUT2D eigenvalue weighted by molar-refractivity contribution is -0.119. The number of thioether (sulfide) groups is 1. The highest BCUT2D eigenvalue weighted by atomic mass is 35.5. The smallest absolute Gasteiger partial charge is 0.230 e. The number of amides is 1. The van der Waals surface area contributed by atoms with Crippen LogP contribution in [0.5, 0.6) is 0 Å². The summed E-state index contributed by atoms with van der Waals surface area (Å²) in [6, 6.07) is 15.4. The summed E-state index contributed by atoms with van der Waals surface area (Å²) in [6.45, 7) is 1.97. The van der Waals surface area contributed by atoms with Crippen molar-refractivity contribution >= 4 is 40.3 Å². The van der Waals surface area contributed by atoms with Gasteiger partial charge in [-0.2, -0.15) is 0 Å². The summed E-state index contributed by atoms with van der Waals surface area (Å²) in [5.41, 5.74) is 2.80. The van der Waals surface area contributed by atoms with Gasteiger partial charge in [0.05, 0.1) is 22.8 Å². The Balaban J connectivity index is 1.57. The van der Waals surface area contributed by atoms with Crippen LogP contribution in [0.1, 0.15) is 18.5 Å². The molecular weight excluding hydrogens is 330 g/mol. The maximum atomic E-state index is 12.1. The molecular formula is C17H16ClN3OS. The molecule has 0 spiro atoms. The standard InChI is InChI=1S/C17H16ClN3OS/c1-11(12-5-3-2-4-6-12)19-16(22)10-23-17-20-14-8-7-13(18)9-15(14)21-17/h2-9,11H,10H2,1H3,(H,19,22)(H,20,21). The minimum absolute atomic E-state index is 0.0150. The van der Waals surface area contributed by atoms with Gasteiger partial charge in [-0.05, 0) is 30.7 Å². The third kappa shape index (κ3) is 4.06. The number of halogens is 1. The average Bonchev–Trinajstić information content (AvgIpc) is 2.95. The average molecular weight is 346 g/mol. The maximum Gasteiger partial charge on any atom is 0.230 e. The zero-order chi connectivity index (χ0) is 16.2. The molecule has 3 aromatic rings. The van der Waals surface area contributed by atoms with Gasteiger partial charge >= 0.3 is 0 Å².